The van der Waals surface area contributed by atoms with Crippen LogP contribution in [-0.4, -0.2) is 58.1 Å². The molecule has 0 saturated carbocycles. The van der Waals surface area contributed by atoms with E-state index in [0.717, 1.165) is 30.5 Å². The van der Waals surface area contributed by atoms with Gasteiger partial charge in [0.2, 0.25) is 0 Å². The molecule has 1 aromatic heterocycles. The lowest BCUT2D eigenvalue weighted by atomic mass is 9.91. The van der Waals surface area contributed by atoms with Crippen LogP contribution in [0.3, 0.4) is 0 Å². The quantitative estimate of drug-likeness (QED) is 0.463. The highest BCUT2D eigenvalue weighted by molar-refractivity contribution is 6.27. The first-order valence-corrected chi connectivity index (χ1v) is 9.98. The number of rotatable bonds is 3. The van der Waals surface area contributed by atoms with E-state index >= 15 is 0 Å². The number of likely N-dealkylation sites (N-methyl/N-ethyl adjacent to an activating group) is 1. The summed E-state index contributed by atoms with van der Waals surface area (Å²) in [5, 5.41) is 18.9. The van der Waals surface area contributed by atoms with Gasteiger partial charge in [-0.15, -0.1) is 0 Å². The van der Waals surface area contributed by atoms with Gasteiger partial charge in [-0.3, -0.25) is 4.79 Å². The van der Waals surface area contributed by atoms with Crippen LogP contribution in [0.2, 0.25) is 0 Å². The topological polar surface area (TPSA) is 123 Å². The molecule has 32 heavy (non-hydrogen) atoms. The molecule has 4 rings (SSSR count). The Kier molecular flexibility index (Phi) is 6.89. The molecule has 0 bridgehead atoms. The Hall–Kier alpha value is -3.72. The number of carboxylic acid groups (broad SMARTS) is 2. The van der Waals surface area contributed by atoms with Crippen molar-refractivity contribution in [2.24, 2.45) is 0 Å². The SMILES string of the molecule is CN(C)C1CCc2[nH]c3ccc(NC(=O)c4ccc(F)cc4)cc3c2C1.O=C(O)C(=O)O. The molecule has 3 aromatic rings. The molecule has 0 saturated heterocycles. The third-order valence-corrected chi connectivity index (χ3v) is 5.44. The van der Waals surface area contributed by atoms with Crippen molar-refractivity contribution in [1.82, 2.24) is 9.88 Å². The van der Waals surface area contributed by atoms with E-state index < -0.39 is 11.9 Å². The number of hydrogen-bond donors (Lipinski definition) is 4. The van der Waals surface area contributed by atoms with E-state index in [-0.39, 0.29) is 11.7 Å². The van der Waals surface area contributed by atoms with E-state index in [0.29, 0.717) is 11.6 Å². The van der Waals surface area contributed by atoms with Crippen LogP contribution in [0.1, 0.15) is 28.0 Å². The van der Waals surface area contributed by atoms with E-state index in [4.69, 9.17) is 19.8 Å². The van der Waals surface area contributed by atoms with Crippen molar-refractivity contribution in [2.45, 2.75) is 25.3 Å². The smallest absolute Gasteiger partial charge is 0.414 e. The summed E-state index contributed by atoms with van der Waals surface area (Å²) < 4.78 is 13.0. The number of aryl methyl sites for hydroxylation is 1. The number of aliphatic carboxylic acids is 2. The number of nitrogens with one attached hydrogen (secondary N) is 2. The Morgan fingerprint density at radius 2 is 1.72 bits per heavy atom. The number of halogens is 1. The minimum Gasteiger partial charge on any atom is -0.473 e. The first-order chi connectivity index (χ1) is 15.2. The Labute approximate surface area is 183 Å². The van der Waals surface area contributed by atoms with Gasteiger partial charge in [0.05, 0.1) is 0 Å². The van der Waals surface area contributed by atoms with E-state index in [2.05, 4.69) is 29.3 Å². The fourth-order valence-corrected chi connectivity index (χ4v) is 3.72. The standard InChI is InChI=1S/C21H22FN3O.C2H2O4/c1-25(2)16-8-10-20-18(12-16)17-11-15(7-9-19(17)24-20)23-21(26)13-3-5-14(22)6-4-13;3-1(4)2(5)6/h3-7,9,11,16,24H,8,10,12H2,1-2H3,(H,23,26);(H,3,4)(H,5,6). The van der Waals surface area contributed by atoms with Gasteiger partial charge in [0, 0.05) is 33.9 Å². The van der Waals surface area contributed by atoms with Crippen molar-refractivity contribution in [2.75, 3.05) is 19.4 Å². The molecule has 1 aliphatic rings. The van der Waals surface area contributed by atoms with Gasteiger partial charge in [0.25, 0.3) is 5.91 Å². The first-order valence-electron chi connectivity index (χ1n) is 9.98. The first kappa shape index (κ1) is 23.0. The summed E-state index contributed by atoms with van der Waals surface area (Å²) in [5.41, 5.74) is 4.95. The number of aromatic nitrogens is 1. The van der Waals surface area contributed by atoms with Crippen molar-refractivity contribution in [1.29, 1.82) is 0 Å². The molecule has 8 nitrogen and oxygen atoms in total. The molecule has 1 aliphatic carbocycles. The predicted octanol–water partition coefficient (Wildman–Crippen LogP) is 3.13. The number of benzene rings is 2. The third-order valence-electron chi connectivity index (χ3n) is 5.44. The van der Waals surface area contributed by atoms with E-state index in [1.807, 2.05) is 18.2 Å². The van der Waals surface area contributed by atoms with Crippen LogP contribution in [-0.2, 0) is 22.4 Å². The molecule has 1 heterocycles. The summed E-state index contributed by atoms with van der Waals surface area (Å²) in [6.07, 6.45) is 3.21. The Bertz CT molecular complexity index is 1140. The fraction of sp³-hybridized carbons (Fsp3) is 0.261. The average Bonchev–Trinajstić information content (AvgIpc) is 3.11. The van der Waals surface area contributed by atoms with Crippen molar-refractivity contribution in [3.05, 3.63) is 65.1 Å². The number of fused-ring (bicyclic) bond motifs is 3. The highest BCUT2D eigenvalue weighted by atomic mass is 19.1. The van der Waals surface area contributed by atoms with E-state index in [9.17, 15) is 9.18 Å². The summed E-state index contributed by atoms with van der Waals surface area (Å²) in [6, 6.07) is 12.0. The van der Waals surface area contributed by atoms with Gasteiger partial charge in [0.15, 0.2) is 0 Å². The Balaban J connectivity index is 0.000000427. The van der Waals surface area contributed by atoms with E-state index in [1.165, 1.54) is 40.9 Å². The number of amides is 1. The molecule has 0 radical (unpaired) electrons. The van der Waals surface area contributed by atoms with Gasteiger partial charge >= 0.3 is 11.9 Å². The van der Waals surface area contributed by atoms with Crippen LogP contribution in [0, 0.1) is 5.82 Å². The van der Waals surface area contributed by atoms with Crippen molar-refractivity contribution in [3.63, 3.8) is 0 Å². The van der Waals surface area contributed by atoms with Crippen LogP contribution >= 0.6 is 0 Å². The van der Waals surface area contributed by atoms with Gasteiger partial charge in [-0.05, 0) is 81.4 Å². The van der Waals surface area contributed by atoms with Gasteiger partial charge in [-0.1, -0.05) is 0 Å². The molecule has 1 unspecified atom stereocenters. The summed E-state index contributed by atoms with van der Waals surface area (Å²) in [7, 11) is 4.25. The highest BCUT2D eigenvalue weighted by Crippen LogP contribution is 2.32. The molecular weight excluding hydrogens is 417 g/mol. The van der Waals surface area contributed by atoms with Gasteiger partial charge in [-0.25, -0.2) is 14.0 Å². The Morgan fingerprint density at radius 3 is 2.31 bits per heavy atom. The molecule has 2 aromatic carbocycles. The molecular formula is C23H24FN3O5. The zero-order valence-corrected chi connectivity index (χ0v) is 17.7. The van der Waals surface area contributed by atoms with Crippen molar-refractivity contribution < 1.29 is 29.0 Å². The molecule has 9 heteroatoms. The maximum Gasteiger partial charge on any atom is 0.414 e. The zero-order chi connectivity index (χ0) is 23.4. The molecule has 0 aliphatic heterocycles. The number of carbonyl (C=O) groups is 3. The second-order valence-corrected chi connectivity index (χ2v) is 7.77. The summed E-state index contributed by atoms with van der Waals surface area (Å²) in [6.45, 7) is 0. The predicted molar refractivity (Wildman–Crippen MR) is 117 cm³/mol. The maximum absolute atomic E-state index is 13.0. The summed E-state index contributed by atoms with van der Waals surface area (Å²) in [4.78, 5) is 36.4. The lowest BCUT2D eigenvalue weighted by Crippen LogP contribution is -2.33. The highest BCUT2D eigenvalue weighted by Gasteiger charge is 2.24. The minimum atomic E-state index is -1.82. The third kappa shape index (κ3) is 5.30. The van der Waals surface area contributed by atoms with Gasteiger partial charge < -0.3 is 25.4 Å². The van der Waals surface area contributed by atoms with Crippen molar-refractivity contribution >= 4 is 34.4 Å². The lowest BCUT2D eigenvalue weighted by Gasteiger charge is -2.28. The van der Waals surface area contributed by atoms with Crippen LogP contribution in [0.5, 0.6) is 0 Å². The largest absolute Gasteiger partial charge is 0.473 e. The molecule has 1 atom stereocenters. The maximum atomic E-state index is 13.0. The normalized spacial score (nSPS) is 14.9. The van der Waals surface area contributed by atoms with E-state index in [1.54, 1.807) is 0 Å². The minimum absolute atomic E-state index is 0.236. The van der Waals surface area contributed by atoms with Crippen LogP contribution in [0.15, 0.2) is 42.5 Å². The van der Waals surface area contributed by atoms with Gasteiger partial charge in [0.1, 0.15) is 5.82 Å². The zero-order valence-electron chi connectivity index (χ0n) is 17.7. The molecule has 0 fully saturated rings. The van der Waals surface area contributed by atoms with Crippen LogP contribution in [0.4, 0.5) is 10.1 Å². The fourth-order valence-electron chi connectivity index (χ4n) is 3.72. The monoisotopic (exact) mass is 441 g/mol. The number of hydrogen-bond acceptors (Lipinski definition) is 4. The van der Waals surface area contributed by atoms with Crippen molar-refractivity contribution in [3.8, 4) is 0 Å². The Morgan fingerprint density at radius 1 is 1.06 bits per heavy atom. The van der Waals surface area contributed by atoms with Crippen LogP contribution < -0.4 is 5.32 Å². The second kappa shape index (κ2) is 9.61. The number of aromatic amines is 1. The molecule has 4 N–H and O–H groups in total. The number of nitrogens with zero attached hydrogens (tertiary/aromatic N) is 1. The average molecular weight is 441 g/mol. The lowest BCUT2D eigenvalue weighted by molar-refractivity contribution is -0.159. The molecule has 1 amide bonds. The second-order valence-electron chi connectivity index (χ2n) is 7.77. The summed E-state index contributed by atoms with van der Waals surface area (Å²) in [5.74, 6) is -4.23. The van der Waals surface area contributed by atoms with Gasteiger partial charge in [-0.2, -0.15) is 0 Å². The number of anilines is 1. The number of H-pyrrole nitrogens is 1. The van der Waals surface area contributed by atoms with Crippen LogP contribution in [0.25, 0.3) is 10.9 Å². The number of carboxylic acids is 2. The number of carbonyl (C=O) groups excluding carboxylic acids is 1. The summed E-state index contributed by atoms with van der Waals surface area (Å²) >= 11 is 0. The molecule has 0 spiro atoms. The molecule has 168 valence electrons.